The Balaban J connectivity index is 0.00000225. The lowest BCUT2D eigenvalue weighted by Crippen LogP contribution is -2.12. The summed E-state index contributed by atoms with van der Waals surface area (Å²) in [5, 5.41) is 12.8. The first kappa shape index (κ1) is 19.0. The standard InChI is InChI=1S/C18H15ClN2O3.ClH/c19-16-6-4-12(18(22)23)9-15(16)17-7-5-14(24-17)11-20-10-13-3-1-2-8-21-13;/h1-9,20H,10-11H2,(H,22,23);1H. The molecule has 7 heteroatoms. The van der Waals surface area contributed by atoms with Gasteiger partial charge in [-0.25, -0.2) is 4.79 Å². The summed E-state index contributed by atoms with van der Waals surface area (Å²) in [7, 11) is 0. The van der Waals surface area contributed by atoms with Crippen LogP contribution in [0.4, 0.5) is 0 Å². The van der Waals surface area contributed by atoms with E-state index in [9.17, 15) is 4.79 Å². The summed E-state index contributed by atoms with van der Waals surface area (Å²) < 4.78 is 5.76. The average molecular weight is 379 g/mol. The van der Waals surface area contributed by atoms with Gasteiger partial charge >= 0.3 is 5.97 Å². The molecule has 3 aromatic rings. The minimum absolute atomic E-state index is 0. The molecule has 0 fully saturated rings. The van der Waals surface area contributed by atoms with Gasteiger partial charge < -0.3 is 14.8 Å². The molecule has 2 heterocycles. The normalized spacial score (nSPS) is 10.3. The number of nitrogens with zero attached hydrogens (tertiary/aromatic N) is 1. The van der Waals surface area contributed by atoms with E-state index in [4.69, 9.17) is 21.1 Å². The van der Waals surface area contributed by atoms with Crippen LogP contribution in [-0.2, 0) is 13.1 Å². The number of halogens is 2. The number of furan rings is 1. The first-order chi connectivity index (χ1) is 11.6. The molecule has 0 saturated carbocycles. The number of pyridine rings is 1. The van der Waals surface area contributed by atoms with E-state index in [2.05, 4.69) is 10.3 Å². The third kappa shape index (κ3) is 4.82. The molecule has 0 amide bonds. The predicted octanol–water partition coefficient (Wildman–Crippen LogP) is 4.40. The number of carboxylic acid groups (broad SMARTS) is 1. The van der Waals surface area contributed by atoms with Crippen LogP contribution in [0.25, 0.3) is 11.3 Å². The highest BCUT2D eigenvalue weighted by Crippen LogP contribution is 2.30. The summed E-state index contributed by atoms with van der Waals surface area (Å²) in [4.78, 5) is 15.3. The SMILES string of the molecule is Cl.O=C(O)c1ccc(Cl)c(-c2ccc(CNCc3ccccn3)o2)c1. The zero-order chi connectivity index (χ0) is 16.9. The third-order valence-electron chi connectivity index (χ3n) is 3.47. The lowest BCUT2D eigenvalue weighted by Gasteiger charge is -2.04. The Morgan fingerprint density at radius 1 is 1.16 bits per heavy atom. The minimum Gasteiger partial charge on any atom is -0.478 e. The molecule has 0 atom stereocenters. The van der Waals surface area contributed by atoms with Crippen molar-refractivity contribution in [2.24, 2.45) is 0 Å². The molecule has 5 nitrogen and oxygen atoms in total. The summed E-state index contributed by atoms with van der Waals surface area (Å²) in [6.07, 6.45) is 1.75. The fourth-order valence-corrected chi connectivity index (χ4v) is 2.49. The quantitative estimate of drug-likeness (QED) is 0.664. The van der Waals surface area contributed by atoms with E-state index >= 15 is 0 Å². The van der Waals surface area contributed by atoms with Crippen LogP contribution in [0.3, 0.4) is 0 Å². The molecule has 0 bridgehead atoms. The Morgan fingerprint density at radius 2 is 2.00 bits per heavy atom. The fraction of sp³-hybridized carbons (Fsp3) is 0.111. The molecule has 0 saturated heterocycles. The van der Waals surface area contributed by atoms with Crippen molar-refractivity contribution in [2.45, 2.75) is 13.1 Å². The van der Waals surface area contributed by atoms with Crippen LogP contribution in [0.1, 0.15) is 21.8 Å². The van der Waals surface area contributed by atoms with Gasteiger partial charge in [0.05, 0.1) is 22.8 Å². The topological polar surface area (TPSA) is 75.4 Å². The Hall–Kier alpha value is -2.34. The van der Waals surface area contributed by atoms with Gasteiger partial charge in [-0.15, -0.1) is 12.4 Å². The van der Waals surface area contributed by atoms with E-state index in [-0.39, 0.29) is 18.0 Å². The second-order valence-corrected chi connectivity index (χ2v) is 5.60. The number of benzene rings is 1. The Morgan fingerprint density at radius 3 is 2.72 bits per heavy atom. The van der Waals surface area contributed by atoms with E-state index in [1.807, 2.05) is 24.3 Å². The van der Waals surface area contributed by atoms with Crippen molar-refractivity contribution < 1.29 is 14.3 Å². The van der Waals surface area contributed by atoms with E-state index in [0.717, 1.165) is 11.5 Å². The lowest BCUT2D eigenvalue weighted by molar-refractivity contribution is 0.0697. The Labute approximate surface area is 156 Å². The Kier molecular flexibility index (Phi) is 6.58. The number of hydrogen-bond acceptors (Lipinski definition) is 4. The van der Waals surface area contributed by atoms with E-state index < -0.39 is 5.97 Å². The van der Waals surface area contributed by atoms with Crippen LogP contribution in [0.15, 0.2) is 59.1 Å². The summed E-state index contributed by atoms with van der Waals surface area (Å²) >= 11 is 6.15. The Bertz CT molecular complexity index is 851. The van der Waals surface area contributed by atoms with Crippen molar-refractivity contribution in [2.75, 3.05) is 0 Å². The molecule has 0 aliphatic carbocycles. The summed E-state index contributed by atoms with van der Waals surface area (Å²) in [5.74, 6) is 0.271. The first-order valence-electron chi connectivity index (χ1n) is 7.36. The second kappa shape index (κ2) is 8.67. The molecule has 1 aromatic carbocycles. The van der Waals surface area contributed by atoms with Gasteiger partial charge in [0.25, 0.3) is 0 Å². The van der Waals surface area contributed by atoms with Gasteiger partial charge in [0.15, 0.2) is 0 Å². The third-order valence-corrected chi connectivity index (χ3v) is 3.80. The maximum atomic E-state index is 11.1. The van der Waals surface area contributed by atoms with Gasteiger partial charge in [0.2, 0.25) is 0 Å². The molecule has 0 aliphatic rings. The molecule has 0 spiro atoms. The summed E-state index contributed by atoms with van der Waals surface area (Å²) in [5.41, 5.74) is 1.68. The molecular formula is C18H16Cl2N2O3. The minimum atomic E-state index is -1.00. The van der Waals surface area contributed by atoms with Gasteiger partial charge in [0, 0.05) is 18.3 Å². The fourth-order valence-electron chi connectivity index (χ4n) is 2.28. The molecule has 25 heavy (non-hydrogen) atoms. The number of nitrogens with one attached hydrogen (secondary N) is 1. The lowest BCUT2D eigenvalue weighted by atomic mass is 10.1. The smallest absolute Gasteiger partial charge is 0.335 e. The van der Waals surface area contributed by atoms with Crippen LogP contribution < -0.4 is 5.32 Å². The molecule has 130 valence electrons. The molecule has 3 rings (SSSR count). The van der Waals surface area contributed by atoms with E-state index in [1.54, 1.807) is 18.3 Å². The van der Waals surface area contributed by atoms with Crippen molar-refractivity contribution in [1.29, 1.82) is 0 Å². The van der Waals surface area contributed by atoms with Crippen LogP contribution in [0.2, 0.25) is 5.02 Å². The van der Waals surface area contributed by atoms with Crippen molar-refractivity contribution >= 4 is 30.0 Å². The van der Waals surface area contributed by atoms with E-state index in [1.165, 1.54) is 12.1 Å². The van der Waals surface area contributed by atoms with Crippen molar-refractivity contribution in [3.63, 3.8) is 0 Å². The van der Waals surface area contributed by atoms with Gasteiger partial charge in [-0.2, -0.15) is 0 Å². The average Bonchev–Trinajstić information content (AvgIpc) is 3.04. The summed E-state index contributed by atoms with van der Waals surface area (Å²) in [6.45, 7) is 1.17. The maximum absolute atomic E-state index is 11.1. The second-order valence-electron chi connectivity index (χ2n) is 5.19. The largest absolute Gasteiger partial charge is 0.478 e. The molecule has 0 aliphatic heterocycles. The van der Waals surface area contributed by atoms with Crippen molar-refractivity contribution in [1.82, 2.24) is 10.3 Å². The van der Waals surface area contributed by atoms with Gasteiger partial charge in [-0.3, -0.25) is 4.98 Å². The number of carboxylic acids is 1. The van der Waals surface area contributed by atoms with Crippen molar-refractivity contribution in [3.05, 3.63) is 76.8 Å². The number of carbonyl (C=O) groups is 1. The zero-order valence-electron chi connectivity index (χ0n) is 13.1. The van der Waals surface area contributed by atoms with Gasteiger partial charge in [-0.05, 0) is 42.5 Å². The van der Waals surface area contributed by atoms with Crippen molar-refractivity contribution in [3.8, 4) is 11.3 Å². The number of aromatic nitrogens is 1. The summed E-state index contributed by atoms with van der Waals surface area (Å²) in [6, 6.07) is 13.9. The molecular weight excluding hydrogens is 363 g/mol. The maximum Gasteiger partial charge on any atom is 0.335 e. The zero-order valence-corrected chi connectivity index (χ0v) is 14.7. The van der Waals surface area contributed by atoms with Crippen LogP contribution in [0.5, 0.6) is 0 Å². The van der Waals surface area contributed by atoms with E-state index in [0.29, 0.717) is 29.4 Å². The number of aromatic carboxylic acids is 1. The number of rotatable bonds is 6. The number of hydrogen-bond donors (Lipinski definition) is 2. The van der Waals surface area contributed by atoms with Crippen LogP contribution >= 0.6 is 24.0 Å². The molecule has 0 unspecified atom stereocenters. The highest BCUT2D eigenvalue weighted by atomic mass is 35.5. The molecule has 2 N–H and O–H groups in total. The van der Waals surface area contributed by atoms with Crippen LogP contribution in [-0.4, -0.2) is 16.1 Å². The molecule has 2 aromatic heterocycles. The van der Waals surface area contributed by atoms with Gasteiger partial charge in [0.1, 0.15) is 11.5 Å². The van der Waals surface area contributed by atoms with Gasteiger partial charge in [-0.1, -0.05) is 17.7 Å². The monoisotopic (exact) mass is 378 g/mol. The molecule has 0 radical (unpaired) electrons. The highest BCUT2D eigenvalue weighted by molar-refractivity contribution is 6.33. The predicted molar refractivity (Wildman–Crippen MR) is 98.1 cm³/mol. The first-order valence-corrected chi connectivity index (χ1v) is 7.74. The van der Waals surface area contributed by atoms with Crippen LogP contribution in [0, 0.1) is 0 Å². The highest BCUT2D eigenvalue weighted by Gasteiger charge is 2.12.